The molecule has 0 aliphatic carbocycles. The van der Waals surface area contributed by atoms with E-state index in [0.717, 1.165) is 22.6 Å². The van der Waals surface area contributed by atoms with Crippen LogP contribution in [0.3, 0.4) is 0 Å². The number of benzene rings is 2. The van der Waals surface area contributed by atoms with Gasteiger partial charge in [-0.15, -0.1) is 0 Å². The molecule has 38 heavy (non-hydrogen) atoms. The third-order valence-electron chi connectivity index (χ3n) is 7.53. The van der Waals surface area contributed by atoms with Crippen LogP contribution in [0.2, 0.25) is 0 Å². The van der Waals surface area contributed by atoms with E-state index in [-0.39, 0.29) is 42.3 Å². The monoisotopic (exact) mass is 527 g/mol. The van der Waals surface area contributed by atoms with E-state index < -0.39 is 40.7 Å². The lowest BCUT2D eigenvalue weighted by atomic mass is 9.68. The second-order valence-electron chi connectivity index (χ2n) is 10.5. The van der Waals surface area contributed by atoms with E-state index in [2.05, 4.69) is 0 Å². The standard InChI is InChI=1S/C28H31F2N3O5/c1-17(2)14-28(15-24(34)31-38)19(16-32(27(28)37)10-8-18-6-4-3-5-7-18)9-11-33-25(35)20-12-22(29)23(30)13-21(20)26(33)36/h3-7,12-13,17,19,38H,8-11,14-16H2,1-2H3,(H,31,34). The fraction of sp³-hybridized carbons (Fsp3) is 0.429. The predicted molar refractivity (Wildman–Crippen MR) is 133 cm³/mol. The van der Waals surface area contributed by atoms with Gasteiger partial charge in [-0.2, -0.15) is 0 Å². The molecule has 8 nitrogen and oxygen atoms in total. The molecule has 10 heteroatoms. The minimum absolute atomic E-state index is 0.0345. The number of halogens is 2. The fourth-order valence-corrected chi connectivity index (χ4v) is 5.85. The molecule has 4 rings (SSSR count). The smallest absolute Gasteiger partial charge is 0.261 e. The fourth-order valence-electron chi connectivity index (χ4n) is 5.85. The summed E-state index contributed by atoms with van der Waals surface area (Å²) in [5, 5.41) is 9.27. The summed E-state index contributed by atoms with van der Waals surface area (Å²) >= 11 is 0. The zero-order chi connectivity index (χ0) is 27.6. The molecule has 2 aliphatic rings. The van der Waals surface area contributed by atoms with Gasteiger partial charge in [0.05, 0.1) is 16.5 Å². The number of hydrogen-bond acceptors (Lipinski definition) is 5. The minimum atomic E-state index is -1.21. The molecule has 2 unspecified atom stereocenters. The molecular weight excluding hydrogens is 496 g/mol. The van der Waals surface area contributed by atoms with Crippen molar-refractivity contribution in [1.82, 2.24) is 15.3 Å². The summed E-state index contributed by atoms with van der Waals surface area (Å²) in [7, 11) is 0. The zero-order valence-corrected chi connectivity index (χ0v) is 21.4. The summed E-state index contributed by atoms with van der Waals surface area (Å²) in [5.74, 6) is -5.16. The van der Waals surface area contributed by atoms with Crippen LogP contribution in [-0.2, 0) is 16.0 Å². The number of amides is 4. The van der Waals surface area contributed by atoms with Crippen LogP contribution in [0.15, 0.2) is 42.5 Å². The third-order valence-corrected chi connectivity index (χ3v) is 7.53. The van der Waals surface area contributed by atoms with E-state index in [0.29, 0.717) is 25.9 Å². The first kappa shape index (κ1) is 27.4. The molecule has 0 saturated carbocycles. The van der Waals surface area contributed by atoms with Crippen molar-refractivity contribution >= 4 is 23.6 Å². The Hall–Kier alpha value is -3.66. The SMILES string of the molecule is CC(C)CC1(CC(=O)NO)C(=O)N(CCc2ccccc2)CC1CCN1C(=O)c2cc(F)c(F)cc2C1=O. The van der Waals surface area contributed by atoms with Crippen LogP contribution < -0.4 is 5.48 Å². The van der Waals surface area contributed by atoms with Crippen molar-refractivity contribution in [3.63, 3.8) is 0 Å². The number of carbonyl (C=O) groups is 4. The van der Waals surface area contributed by atoms with E-state index in [1.165, 1.54) is 0 Å². The summed E-state index contributed by atoms with van der Waals surface area (Å²) in [6.45, 7) is 4.52. The molecule has 2 N–H and O–H groups in total. The third kappa shape index (κ3) is 5.18. The van der Waals surface area contributed by atoms with Crippen LogP contribution in [0.1, 0.15) is 59.4 Å². The van der Waals surface area contributed by atoms with Gasteiger partial charge in [-0.3, -0.25) is 29.3 Å². The van der Waals surface area contributed by atoms with Gasteiger partial charge < -0.3 is 4.90 Å². The van der Waals surface area contributed by atoms with Gasteiger partial charge in [0, 0.05) is 26.1 Å². The van der Waals surface area contributed by atoms with E-state index in [1.807, 2.05) is 44.2 Å². The largest absolute Gasteiger partial charge is 0.342 e. The van der Waals surface area contributed by atoms with E-state index in [1.54, 1.807) is 10.4 Å². The van der Waals surface area contributed by atoms with Gasteiger partial charge in [-0.25, -0.2) is 14.3 Å². The van der Waals surface area contributed by atoms with Crippen LogP contribution in [0.25, 0.3) is 0 Å². The van der Waals surface area contributed by atoms with E-state index >= 15 is 0 Å². The van der Waals surface area contributed by atoms with Crippen molar-refractivity contribution < 1.29 is 33.2 Å². The Kier molecular flexibility index (Phi) is 7.91. The van der Waals surface area contributed by atoms with Crippen LogP contribution in [-0.4, -0.2) is 58.3 Å². The van der Waals surface area contributed by atoms with Crippen molar-refractivity contribution in [2.75, 3.05) is 19.6 Å². The molecule has 2 aliphatic heterocycles. The molecule has 2 aromatic rings. The molecule has 2 aromatic carbocycles. The Morgan fingerprint density at radius 1 is 1.05 bits per heavy atom. The Balaban J connectivity index is 1.58. The highest BCUT2D eigenvalue weighted by Gasteiger charge is 2.54. The van der Waals surface area contributed by atoms with Crippen molar-refractivity contribution in [3.8, 4) is 0 Å². The molecule has 1 saturated heterocycles. The van der Waals surface area contributed by atoms with Crippen LogP contribution in [0, 0.1) is 28.9 Å². The van der Waals surface area contributed by atoms with Gasteiger partial charge in [0.15, 0.2) is 11.6 Å². The number of likely N-dealkylation sites (tertiary alicyclic amines) is 1. The van der Waals surface area contributed by atoms with E-state index in [4.69, 9.17) is 0 Å². The highest BCUT2D eigenvalue weighted by atomic mass is 19.2. The lowest BCUT2D eigenvalue weighted by Crippen LogP contribution is -2.43. The van der Waals surface area contributed by atoms with Crippen molar-refractivity contribution in [3.05, 3.63) is 70.8 Å². The molecule has 0 aromatic heterocycles. The maximum Gasteiger partial charge on any atom is 0.261 e. The molecule has 0 bridgehead atoms. The number of imide groups is 1. The van der Waals surface area contributed by atoms with Gasteiger partial charge in [-0.05, 0) is 48.8 Å². The molecule has 1 fully saturated rings. The lowest BCUT2D eigenvalue weighted by molar-refractivity contribution is -0.144. The predicted octanol–water partition coefficient (Wildman–Crippen LogP) is 3.58. The summed E-state index contributed by atoms with van der Waals surface area (Å²) in [6.07, 6.45) is 0.935. The van der Waals surface area contributed by atoms with Crippen LogP contribution in [0.5, 0.6) is 0 Å². The number of nitrogens with one attached hydrogen (secondary N) is 1. The maximum atomic E-state index is 13.9. The molecule has 2 heterocycles. The lowest BCUT2D eigenvalue weighted by Gasteiger charge is -2.34. The average molecular weight is 528 g/mol. The molecule has 4 amide bonds. The number of nitrogens with zero attached hydrogens (tertiary/aromatic N) is 2. The Labute approximate surface area is 219 Å². The van der Waals surface area contributed by atoms with Crippen molar-refractivity contribution in [2.45, 2.75) is 39.5 Å². The highest BCUT2D eigenvalue weighted by molar-refractivity contribution is 6.21. The Morgan fingerprint density at radius 3 is 2.21 bits per heavy atom. The summed E-state index contributed by atoms with van der Waals surface area (Å²) in [4.78, 5) is 54.6. The van der Waals surface area contributed by atoms with Crippen LogP contribution in [0.4, 0.5) is 8.78 Å². The number of hydrogen-bond donors (Lipinski definition) is 2. The van der Waals surface area contributed by atoms with E-state index in [9.17, 15) is 33.2 Å². The number of carbonyl (C=O) groups excluding carboxylic acids is 4. The van der Waals surface area contributed by atoms with Gasteiger partial charge >= 0.3 is 0 Å². The first-order valence-electron chi connectivity index (χ1n) is 12.7. The van der Waals surface area contributed by atoms with Gasteiger partial charge in [0.1, 0.15) is 0 Å². The zero-order valence-electron chi connectivity index (χ0n) is 21.4. The molecule has 2 atom stereocenters. The Morgan fingerprint density at radius 2 is 1.66 bits per heavy atom. The van der Waals surface area contributed by atoms with Gasteiger partial charge in [0.2, 0.25) is 11.8 Å². The molecule has 202 valence electrons. The van der Waals surface area contributed by atoms with Gasteiger partial charge in [-0.1, -0.05) is 44.2 Å². The molecule has 0 spiro atoms. The quantitative estimate of drug-likeness (QED) is 0.279. The first-order valence-corrected chi connectivity index (χ1v) is 12.7. The second kappa shape index (κ2) is 11.0. The topological polar surface area (TPSA) is 107 Å². The van der Waals surface area contributed by atoms with Crippen molar-refractivity contribution in [2.24, 2.45) is 17.3 Å². The van der Waals surface area contributed by atoms with Crippen LogP contribution >= 0.6 is 0 Å². The average Bonchev–Trinajstić information content (AvgIpc) is 3.26. The maximum absolute atomic E-state index is 13.9. The normalized spacial score (nSPS) is 21.0. The molecule has 0 radical (unpaired) electrons. The molecular formula is C28H31F2N3O5. The Bertz CT molecular complexity index is 1210. The summed E-state index contributed by atoms with van der Waals surface area (Å²) < 4.78 is 27.5. The number of hydroxylamine groups is 1. The first-order chi connectivity index (χ1) is 18.1. The summed E-state index contributed by atoms with van der Waals surface area (Å²) in [5.41, 5.74) is 1.15. The highest BCUT2D eigenvalue weighted by Crippen LogP contribution is 2.47. The van der Waals surface area contributed by atoms with Crippen molar-refractivity contribution in [1.29, 1.82) is 0 Å². The summed E-state index contributed by atoms with van der Waals surface area (Å²) in [6, 6.07) is 11.1. The number of fused-ring (bicyclic) bond motifs is 1. The minimum Gasteiger partial charge on any atom is -0.342 e. The number of rotatable bonds is 10. The second-order valence-corrected chi connectivity index (χ2v) is 10.5. The van der Waals surface area contributed by atoms with Gasteiger partial charge in [0.25, 0.3) is 11.8 Å².